The monoisotopic (exact) mass is 512 g/mol. The van der Waals surface area contributed by atoms with Gasteiger partial charge in [0.2, 0.25) is 5.91 Å². The van der Waals surface area contributed by atoms with E-state index >= 15 is 0 Å². The van der Waals surface area contributed by atoms with E-state index in [9.17, 15) is 14.7 Å². The van der Waals surface area contributed by atoms with Crippen molar-refractivity contribution in [2.75, 3.05) is 25.2 Å². The van der Waals surface area contributed by atoms with Crippen LogP contribution in [0.15, 0.2) is 54.9 Å². The number of fused-ring (bicyclic) bond motifs is 1. The average Bonchev–Trinajstić information content (AvgIpc) is 3.35. The number of likely N-dealkylation sites (N-methyl/N-ethyl adjacent to an activating group) is 1. The van der Waals surface area contributed by atoms with E-state index in [0.717, 1.165) is 27.9 Å². The predicted octanol–water partition coefficient (Wildman–Crippen LogP) is 3.21. The van der Waals surface area contributed by atoms with Crippen molar-refractivity contribution in [1.29, 1.82) is 0 Å². The molecule has 1 unspecified atom stereocenters. The van der Waals surface area contributed by atoms with Crippen LogP contribution in [0.5, 0.6) is 0 Å². The maximum Gasteiger partial charge on any atom is 0.342 e. The lowest BCUT2D eigenvalue weighted by molar-refractivity contribution is -0.120. The summed E-state index contributed by atoms with van der Waals surface area (Å²) < 4.78 is 6.57. The molecule has 0 radical (unpaired) electrons. The summed E-state index contributed by atoms with van der Waals surface area (Å²) >= 11 is 0. The van der Waals surface area contributed by atoms with Crippen molar-refractivity contribution >= 4 is 17.6 Å². The largest absolute Gasteiger partial charge is 0.381 e. The van der Waals surface area contributed by atoms with Gasteiger partial charge in [0, 0.05) is 43.8 Å². The number of aromatic nitrogens is 2. The summed E-state index contributed by atoms with van der Waals surface area (Å²) in [5.41, 5.74) is 4.70. The minimum absolute atomic E-state index is 0.197. The number of aliphatic hydroxyl groups is 1. The number of hydrogen-bond donors (Lipinski definition) is 2. The second-order valence-corrected chi connectivity index (χ2v) is 10.1. The zero-order valence-electron chi connectivity index (χ0n) is 21.7. The highest BCUT2D eigenvalue weighted by atomic mass is 16.5. The van der Waals surface area contributed by atoms with Gasteiger partial charge in [-0.1, -0.05) is 47.7 Å². The maximum atomic E-state index is 13.3. The summed E-state index contributed by atoms with van der Waals surface area (Å²) in [6.45, 7) is 3.03. The minimum Gasteiger partial charge on any atom is -0.381 e. The number of rotatable bonds is 3. The van der Waals surface area contributed by atoms with E-state index in [2.05, 4.69) is 46.5 Å². The molecule has 8 nitrogen and oxygen atoms in total. The SMILES string of the molecule is Cc1ccc(Cc2cnn(C(=O)NC3CCc4ccc(C#CC5(O)CCOCC5)cc4N(C)C3=O)c2)cc1. The van der Waals surface area contributed by atoms with Crippen LogP contribution in [0.1, 0.15) is 47.1 Å². The average molecular weight is 513 g/mol. The smallest absolute Gasteiger partial charge is 0.342 e. The van der Waals surface area contributed by atoms with Crippen molar-refractivity contribution in [1.82, 2.24) is 15.1 Å². The van der Waals surface area contributed by atoms with Crippen molar-refractivity contribution in [2.45, 2.75) is 50.7 Å². The third kappa shape index (κ3) is 5.80. The molecule has 196 valence electrons. The summed E-state index contributed by atoms with van der Waals surface area (Å²) in [7, 11) is 1.71. The van der Waals surface area contributed by atoms with Crippen LogP contribution in [0.25, 0.3) is 0 Å². The molecule has 2 amide bonds. The maximum absolute atomic E-state index is 13.3. The third-order valence-electron chi connectivity index (χ3n) is 7.21. The van der Waals surface area contributed by atoms with Crippen LogP contribution in [-0.2, 0) is 22.4 Å². The van der Waals surface area contributed by atoms with Crippen LogP contribution in [0.3, 0.4) is 0 Å². The van der Waals surface area contributed by atoms with Gasteiger partial charge in [-0.3, -0.25) is 4.79 Å². The minimum atomic E-state index is -1.05. The molecule has 1 saturated heterocycles. The van der Waals surface area contributed by atoms with Crippen LogP contribution >= 0.6 is 0 Å². The number of aryl methyl sites for hydroxylation is 2. The number of hydrogen-bond acceptors (Lipinski definition) is 5. The van der Waals surface area contributed by atoms with E-state index < -0.39 is 17.7 Å². The van der Waals surface area contributed by atoms with E-state index in [1.807, 2.05) is 25.1 Å². The van der Waals surface area contributed by atoms with Gasteiger partial charge in [0.15, 0.2) is 0 Å². The van der Waals surface area contributed by atoms with Gasteiger partial charge < -0.3 is 20.1 Å². The molecular weight excluding hydrogens is 480 g/mol. The van der Waals surface area contributed by atoms with E-state index in [4.69, 9.17) is 4.74 Å². The number of nitrogens with zero attached hydrogens (tertiary/aromatic N) is 3. The quantitative estimate of drug-likeness (QED) is 0.526. The Kier molecular flexibility index (Phi) is 7.32. The first kappa shape index (κ1) is 25.7. The molecule has 2 N–H and O–H groups in total. The van der Waals surface area contributed by atoms with Crippen molar-refractivity contribution in [3.8, 4) is 11.8 Å². The molecule has 0 aliphatic carbocycles. The molecule has 8 heteroatoms. The molecular formula is C30H32N4O4. The van der Waals surface area contributed by atoms with Crippen molar-refractivity contribution in [2.24, 2.45) is 0 Å². The van der Waals surface area contributed by atoms with Crippen LogP contribution in [0.4, 0.5) is 10.5 Å². The normalized spacial score (nSPS) is 18.7. The zero-order chi connectivity index (χ0) is 26.7. The summed E-state index contributed by atoms with van der Waals surface area (Å²) in [5, 5.41) is 17.7. The Morgan fingerprint density at radius 3 is 2.71 bits per heavy atom. The summed E-state index contributed by atoms with van der Waals surface area (Å²) in [4.78, 5) is 27.8. The van der Waals surface area contributed by atoms with Gasteiger partial charge in [-0.05, 0) is 48.6 Å². The number of amides is 2. The Hall–Kier alpha value is -3.93. The van der Waals surface area contributed by atoms with Gasteiger partial charge in [0.05, 0.1) is 19.4 Å². The highest BCUT2D eigenvalue weighted by molar-refractivity contribution is 6.00. The molecule has 0 saturated carbocycles. The summed E-state index contributed by atoms with van der Waals surface area (Å²) in [6.07, 6.45) is 6.11. The molecule has 2 aliphatic heterocycles. The molecule has 1 atom stereocenters. The molecule has 38 heavy (non-hydrogen) atoms. The fourth-order valence-electron chi connectivity index (χ4n) is 4.82. The van der Waals surface area contributed by atoms with Crippen molar-refractivity contribution in [3.63, 3.8) is 0 Å². The summed E-state index contributed by atoms with van der Waals surface area (Å²) in [6, 6.07) is 12.9. The fraction of sp³-hybridized carbons (Fsp3) is 0.367. The molecule has 1 aromatic heterocycles. The molecule has 2 aromatic carbocycles. The van der Waals surface area contributed by atoms with Crippen molar-refractivity contribution in [3.05, 3.63) is 82.7 Å². The Morgan fingerprint density at radius 2 is 1.95 bits per heavy atom. The molecule has 3 aromatic rings. The van der Waals surface area contributed by atoms with Crippen LogP contribution in [0.2, 0.25) is 0 Å². The third-order valence-corrected chi connectivity index (χ3v) is 7.21. The molecule has 3 heterocycles. The molecule has 1 fully saturated rings. The number of carbonyl (C=O) groups excluding carboxylic acids is 2. The lowest BCUT2D eigenvalue weighted by Crippen LogP contribution is -2.48. The molecule has 2 aliphatic rings. The fourth-order valence-corrected chi connectivity index (χ4v) is 4.82. The van der Waals surface area contributed by atoms with Crippen molar-refractivity contribution < 1.29 is 19.4 Å². The first-order valence-corrected chi connectivity index (χ1v) is 12.9. The molecule has 0 bridgehead atoms. The van der Waals surface area contributed by atoms with Gasteiger partial charge in [-0.15, -0.1) is 0 Å². The highest BCUT2D eigenvalue weighted by Gasteiger charge is 2.30. The van der Waals surface area contributed by atoms with E-state index in [1.54, 1.807) is 24.3 Å². The highest BCUT2D eigenvalue weighted by Crippen LogP contribution is 2.28. The second-order valence-electron chi connectivity index (χ2n) is 10.1. The topological polar surface area (TPSA) is 96.7 Å². The summed E-state index contributed by atoms with van der Waals surface area (Å²) in [5.74, 6) is 5.87. The second kappa shape index (κ2) is 10.8. The van der Waals surface area contributed by atoms with Crippen LogP contribution in [-0.4, -0.2) is 58.7 Å². The van der Waals surface area contributed by atoms with Gasteiger partial charge >= 0.3 is 6.03 Å². The lowest BCUT2D eigenvalue weighted by Gasteiger charge is -2.26. The zero-order valence-corrected chi connectivity index (χ0v) is 21.7. The Morgan fingerprint density at radius 1 is 1.18 bits per heavy atom. The standard InChI is InChI=1S/C30H32N4O4/c1-21-3-5-22(6-4-21)17-24-19-31-34(20-24)29(36)32-26-10-9-25-8-7-23(18-27(25)33(2)28(26)35)11-12-30(37)13-15-38-16-14-30/h3-8,18-20,26,37H,9-10,13-17H2,1-2H3,(H,32,36). The number of carbonyl (C=O) groups is 2. The Bertz CT molecular complexity index is 1390. The Labute approximate surface area is 222 Å². The first-order chi connectivity index (χ1) is 18.3. The van der Waals surface area contributed by atoms with E-state index in [-0.39, 0.29) is 5.91 Å². The number of nitrogens with one attached hydrogen (secondary N) is 1. The Balaban J connectivity index is 1.25. The number of anilines is 1. The van der Waals surface area contributed by atoms with Gasteiger partial charge in [0.1, 0.15) is 11.6 Å². The van der Waals surface area contributed by atoms with E-state index in [1.165, 1.54) is 10.2 Å². The van der Waals surface area contributed by atoms with Crippen LogP contribution < -0.4 is 10.2 Å². The van der Waals surface area contributed by atoms with E-state index in [0.29, 0.717) is 45.3 Å². The molecule has 0 spiro atoms. The first-order valence-electron chi connectivity index (χ1n) is 12.9. The van der Waals surface area contributed by atoms with Crippen LogP contribution in [0, 0.1) is 18.8 Å². The van der Waals surface area contributed by atoms with Gasteiger partial charge in [-0.25, -0.2) is 4.79 Å². The van der Waals surface area contributed by atoms with Gasteiger partial charge in [-0.2, -0.15) is 9.78 Å². The lowest BCUT2D eigenvalue weighted by atomic mass is 9.94. The molecule has 5 rings (SSSR count). The number of ether oxygens (including phenoxy) is 1. The van der Waals surface area contributed by atoms with Gasteiger partial charge in [0.25, 0.3) is 0 Å². The predicted molar refractivity (Wildman–Crippen MR) is 144 cm³/mol. The number of benzene rings is 2.